The highest BCUT2D eigenvalue weighted by Gasteiger charge is 2.31. The number of alkyl halides is 3. The van der Waals surface area contributed by atoms with Gasteiger partial charge in [0, 0.05) is 15.4 Å². The van der Waals surface area contributed by atoms with E-state index in [0.717, 1.165) is 22.2 Å². The lowest BCUT2D eigenvalue weighted by Gasteiger charge is -2.15. The van der Waals surface area contributed by atoms with E-state index in [0.29, 0.717) is 15.6 Å². The Kier molecular flexibility index (Phi) is 5.35. The van der Waals surface area contributed by atoms with Gasteiger partial charge in [-0.1, -0.05) is 37.9 Å². The van der Waals surface area contributed by atoms with Crippen LogP contribution in [0.15, 0.2) is 45.3 Å². The van der Waals surface area contributed by atoms with E-state index in [2.05, 4.69) is 31.9 Å². The van der Waals surface area contributed by atoms with Crippen molar-refractivity contribution in [1.29, 1.82) is 0 Å². The van der Waals surface area contributed by atoms with Gasteiger partial charge in [0.2, 0.25) is 0 Å². The minimum Gasteiger partial charge on any atom is -0.388 e. The molecule has 1 nitrogen and oxygen atoms in total. The maximum atomic E-state index is 12.8. The van der Waals surface area contributed by atoms with Gasteiger partial charge < -0.3 is 5.11 Å². The van der Waals surface area contributed by atoms with Gasteiger partial charge in [-0.3, -0.25) is 0 Å². The van der Waals surface area contributed by atoms with Crippen molar-refractivity contribution in [3.05, 3.63) is 67.6 Å². The van der Waals surface area contributed by atoms with E-state index in [1.807, 2.05) is 19.1 Å². The second kappa shape index (κ2) is 6.72. The minimum absolute atomic E-state index is 0.0976. The van der Waals surface area contributed by atoms with Gasteiger partial charge in [-0.05, 0) is 53.9 Å². The lowest BCUT2D eigenvalue weighted by molar-refractivity contribution is -0.137. The molecule has 0 unspecified atom stereocenters. The number of hydrogen-bond donors (Lipinski definition) is 1. The zero-order valence-corrected chi connectivity index (χ0v) is 14.8. The van der Waals surface area contributed by atoms with Gasteiger partial charge in [-0.25, -0.2) is 0 Å². The van der Waals surface area contributed by atoms with Crippen LogP contribution in [0.2, 0.25) is 0 Å². The van der Waals surface area contributed by atoms with Crippen LogP contribution < -0.4 is 0 Å². The van der Waals surface area contributed by atoms with Crippen LogP contribution in [-0.2, 0) is 12.6 Å². The molecule has 1 N–H and O–H groups in total. The first-order valence-electron chi connectivity index (χ1n) is 6.47. The number of rotatable bonds is 3. The Balaban J connectivity index is 2.29. The highest BCUT2D eigenvalue weighted by atomic mass is 79.9. The Morgan fingerprint density at radius 2 is 1.77 bits per heavy atom. The highest BCUT2D eigenvalue weighted by molar-refractivity contribution is 9.10. The van der Waals surface area contributed by atoms with Crippen LogP contribution in [0, 0.1) is 6.92 Å². The maximum Gasteiger partial charge on any atom is 0.416 e. The summed E-state index contributed by atoms with van der Waals surface area (Å²) >= 11 is 6.59. The lowest BCUT2D eigenvalue weighted by Crippen LogP contribution is -2.08. The predicted octanol–water partition coefficient (Wildman–Crippen LogP) is 5.81. The second-order valence-electron chi connectivity index (χ2n) is 5.09. The molecule has 0 aliphatic rings. The standard InChI is InChI=1S/C16H13Br2F3O/c1-9-4-11(7-13(17)5-9)15(22)8-10-6-12(16(19,20)21)2-3-14(10)18/h2-7,15,22H,8H2,1H3/t15-/m0/s1. The summed E-state index contributed by atoms with van der Waals surface area (Å²) in [5.41, 5.74) is 1.32. The van der Waals surface area contributed by atoms with Gasteiger partial charge in [0.25, 0.3) is 0 Å². The molecule has 0 saturated heterocycles. The summed E-state index contributed by atoms with van der Waals surface area (Å²) in [6.07, 6.45) is -5.18. The van der Waals surface area contributed by atoms with Crippen molar-refractivity contribution in [2.75, 3.05) is 0 Å². The Morgan fingerprint density at radius 1 is 1.09 bits per heavy atom. The van der Waals surface area contributed by atoms with Gasteiger partial charge in [-0.2, -0.15) is 13.2 Å². The molecule has 0 bridgehead atoms. The molecule has 0 heterocycles. The van der Waals surface area contributed by atoms with Crippen molar-refractivity contribution in [3.63, 3.8) is 0 Å². The number of aliphatic hydroxyl groups is 1. The molecule has 0 radical (unpaired) electrons. The molecule has 2 rings (SSSR count). The number of halogens is 5. The van der Waals surface area contributed by atoms with Crippen LogP contribution in [0.4, 0.5) is 13.2 Å². The largest absolute Gasteiger partial charge is 0.416 e. The Hall–Kier alpha value is -0.850. The number of hydrogen-bond acceptors (Lipinski definition) is 1. The maximum absolute atomic E-state index is 12.8. The molecule has 0 aliphatic heterocycles. The smallest absolute Gasteiger partial charge is 0.388 e. The summed E-state index contributed by atoms with van der Waals surface area (Å²) in [7, 11) is 0. The van der Waals surface area contributed by atoms with E-state index >= 15 is 0 Å². The molecule has 1 atom stereocenters. The van der Waals surface area contributed by atoms with E-state index in [1.54, 1.807) is 6.07 Å². The normalized spacial score (nSPS) is 13.2. The van der Waals surface area contributed by atoms with Crippen molar-refractivity contribution < 1.29 is 18.3 Å². The molecule has 0 aromatic heterocycles. The average molecular weight is 438 g/mol. The third kappa shape index (κ3) is 4.33. The predicted molar refractivity (Wildman–Crippen MR) is 86.7 cm³/mol. The average Bonchev–Trinajstić information content (AvgIpc) is 2.38. The van der Waals surface area contributed by atoms with Gasteiger partial charge in [-0.15, -0.1) is 0 Å². The third-order valence-electron chi connectivity index (χ3n) is 3.24. The molecule has 6 heteroatoms. The van der Waals surface area contributed by atoms with Crippen LogP contribution in [-0.4, -0.2) is 5.11 Å². The van der Waals surface area contributed by atoms with E-state index < -0.39 is 17.8 Å². The van der Waals surface area contributed by atoms with E-state index in [9.17, 15) is 18.3 Å². The van der Waals surface area contributed by atoms with Gasteiger partial charge in [0.1, 0.15) is 0 Å². The zero-order valence-electron chi connectivity index (χ0n) is 11.6. The molecule has 2 aromatic carbocycles. The molecule has 22 heavy (non-hydrogen) atoms. The zero-order chi connectivity index (χ0) is 16.5. The first-order chi connectivity index (χ1) is 10.2. The number of aryl methyl sites for hydroxylation is 1. The van der Waals surface area contributed by atoms with Crippen LogP contribution in [0.3, 0.4) is 0 Å². The summed E-state index contributed by atoms with van der Waals surface area (Å²) in [5.74, 6) is 0. The molecular formula is C16H13Br2F3O. The van der Waals surface area contributed by atoms with Crippen molar-refractivity contribution in [1.82, 2.24) is 0 Å². The van der Waals surface area contributed by atoms with E-state index in [1.165, 1.54) is 6.07 Å². The third-order valence-corrected chi connectivity index (χ3v) is 4.47. The number of aliphatic hydroxyl groups excluding tert-OH is 1. The number of benzene rings is 2. The molecule has 0 aliphatic carbocycles. The molecule has 118 valence electrons. The highest BCUT2D eigenvalue weighted by Crippen LogP contribution is 2.33. The molecule has 0 saturated carbocycles. The molecule has 2 aromatic rings. The Labute approximate surface area is 143 Å². The SMILES string of the molecule is Cc1cc(Br)cc([C@@H](O)Cc2cc(C(F)(F)F)ccc2Br)c1. The summed E-state index contributed by atoms with van der Waals surface area (Å²) in [6.45, 7) is 1.89. The Bertz CT molecular complexity index is 663. The van der Waals surface area contributed by atoms with Crippen molar-refractivity contribution in [3.8, 4) is 0 Å². The lowest BCUT2D eigenvalue weighted by atomic mass is 9.99. The van der Waals surface area contributed by atoms with Crippen LogP contribution in [0.25, 0.3) is 0 Å². The van der Waals surface area contributed by atoms with Crippen LogP contribution in [0.5, 0.6) is 0 Å². The summed E-state index contributed by atoms with van der Waals surface area (Å²) in [5, 5.41) is 10.3. The topological polar surface area (TPSA) is 20.2 Å². The molecule has 0 fully saturated rings. The molecule has 0 spiro atoms. The monoisotopic (exact) mass is 436 g/mol. The van der Waals surface area contributed by atoms with Gasteiger partial charge >= 0.3 is 6.18 Å². The first kappa shape index (κ1) is 17.5. The van der Waals surface area contributed by atoms with Crippen LogP contribution in [0.1, 0.15) is 28.4 Å². The van der Waals surface area contributed by atoms with Crippen molar-refractivity contribution >= 4 is 31.9 Å². The van der Waals surface area contributed by atoms with E-state index in [-0.39, 0.29) is 6.42 Å². The Morgan fingerprint density at radius 3 is 2.36 bits per heavy atom. The molecule has 0 amide bonds. The van der Waals surface area contributed by atoms with Gasteiger partial charge in [0.05, 0.1) is 11.7 Å². The van der Waals surface area contributed by atoms with Crippen LogP contribution >= 0.6 is 31.9 Å². The first-order valence-corrected chi connectivity index (χ1v) is 8.06. The summed E-state index contributed by atoms with van der Waals surface area (Å²) in [4.78, 5) is 0. The fraction of sp³-hybridized carbons (Fsp3) is 0.250. The van der Waals surface area contributed by atoms with Crippen molar-refractivity contribution in [2.45, 2.75) is 25.6 Å². The fourth-order valence-corrected chi connectivity index (χ4v) is 3.22. The minimum atomic E-state index is -4.40. The quantitative estimate of drug-likeness (QED) is 0.641. The summed E-state index contributed by atoms with van der Waals surface area (Å²) in [6, 6.07) is 8.92. The van der Waals surface area contributed by atoms with Crippen molar-refractivity contribution in [2.24, 2.45) is 0 Å². The second-order valence-corrected chi connectivity index (χ2v) is 6.86. The molecular weight excluding hydrogens is 425 g/mol. The summed E-state index contributed by atoms with van der Waals surface area (Å²) < 4.78 is 39.7. The fourth-order valence-electron chi connectivity index (χ4n) is 2.19. The van der Waals surface area contributed by atoms with E-state index in [4.69, 9.17) is 0 Å². The van der Waals surface area contributed by atoms with Gasteiger partial charge in [0.15, 0.2) is 0 Å².